The molecular weight excluding hydrogens is 391 g/mol. The first-order valence-corrected chi connectivity index (χ1v) is 10.1. The summed E-state index contributed by atoms with van der Waals surface area (Å²) < 4.78 is 40.0. The molecule has 0 spiro atoms. The standard InChI is InChI=1S/C19H18F3N3O2S/c20-19(21,22)11-4-3-5-12(8-11)23-16(26)9-13-10-28-18-24-15-7-2-1-6-14(15)17(27)25(13)18/h3-5,8,13H,1-2,6-7,9-10H2,(H,23,26). The van der Waals surface area contributed by atoms with Crippen molar-refractivity contribution >= 4 is 23.4 Å². The third kappa shape index (κ3) is 3.67. The fraction of sp³-hybridized carbons (Fsp3) is 0.421. The maximum Gasteiger partial charge on any atom is 0.416 e. The Morgan fingerprint density at radius 1 is 1.29 bits per heavy atom. The summed E-state index contributed by atoms with van der Waals surface area (Å²) in [4.78, 5) is 29.9. The van der Waals surface area contributed by atoms with Gasteiger partial charge >= 0.3 is 6.18 Å². The van der Waals surface area contributed by atoms with Crippen molar-refractivity contribution in [3.63, 3.8) is 0 Å². The predicted molar refractivity (Wildman–Crippen MR) is 99.6 cm³/mol. The number of alkyl halides is 3. The van der Waals surface area contributed by atoms with Crippen LogP contribution in [-0.4, -0.2) is 21.2 Å². The lowest BCUT2D eigenvalue weighted by Crippen LogP contribution is -2.32. The van der Waals surface area contributed by atoms with E-state index in [-0.39, 0.29) is 23.7 Å². The number of nitrogens with one attached hydrogen (secondary N) is 1. The lowest BCUT2D eigenvalue weighted by molar-refractivity contribution is -0.137. The molecule has 4 rings (SSSR count). The number of amides is 1. The molecule has 148 valence electrons. The van der Waals surface area contributed by atoms with E-state index < -0.39 is 17.6 Å². The second-order valence-corrected chi connectivity index (χ2v) is 7.98. The first-order chi connectivity index (χ1) is 13.3. The monoisotopic (exact) mass is 409 g/mol. The molecule has 1 amide bonds. The minimum Gasteiger partial charge on any atom is -0.326 e. The van der Waals surface area contributed by atoms with E-state index in [0.717, 1.165) is 42.7 Å². The van der Waals surface area contributed by atoms with Gasteiger partial charge in [0, 0.05) is 23.4 Å². The van der Waals surface area contributed by atoms with Crippen molar-refractivity contribution in [2.24, 2.45) is 0 Å². The normalized spacial score (nSPS) is 18.5. The van der Waals surface area contributed by atoms with Crippen LogP contribution in [0, 0.1) is 0 Å². The zero-order valence-electron chi connectivity index (χ0n) is 14.9. The Balaban J connectivity index is 1.51. The van der Waals surface area contributed by atoms with Gasteiger partial charge in [-0.1, -0.05) is 17.8 Å². The van der Waals surface area contributed by atoms with Gasteiger partial charge in [-0.25, -0.2) is 4.98 Å². The van der Waals surface area contributed by atoms with Crippen LogP contribution in [0.4, 0.5) is 18.9 Å². The second kappa shape index (κ2) is 7.27. The van der Waals surface area contributed by atoms with E-state index in [2.05, 4.69) is 10.3 Å². The number of carbonyl (C=O) groups excluding carboxylic acids is 1. The summed E-state index contributed by atoms with van der Waals surface area (Å²) >= 11 is 1.44. The Bertz CT molecular complexity index is 987. The van der Waals surface area contributed by atoms with Crippen LogP contribution in [0.5, 0.6) is 0 Å². The minimum absolute atomic E-state index is 0.0105. The van der Waals surface area contributed by atoms with Gasteiger partial charge in [0.15, 0.2) is 5.16 Å². The van der Waals surface area contributed by atoms with Gasteiger partial charge in [-0.3, -0.25) is 14.2 Å². The van der Waals surface area contributed by atoms with E-state index >= 15 is 0 Å². The summed E-state index contributed by atoms with van der Waals surface area (Å²) in [7, 11) is 0. The summed E-state index contributed by atoms with van der Waals surface area (Å²) in [6.07, 6.45) is -0.973. The van der Waals surface area contributed by atoms with Crippen molar-refractivity contribution in [1.29, 1.82) is 0 Å². The smallest absolute Gasteiger partial charge is 0.326 e. The van der Waals surface area contributed by atoms with Crippen molar-refractivity contribution in [2.75, 3.05) is 11.1 Å². The van der Waals surface area contributed by atoms with Gasteiger partial charge in [-0.15, -0.1) is 0 Å². The Morgan fingerprint density at radius 3 is 2.86 bits per heavy atom. The molecule has 5 nitrogen and oxygen atoms in total. The third-order valence-corrected chi connectivity index (χ3v) is 6.11. The highest BCUT2D eigenvalue weighted by Crippen LogP contribution is 2.34. The van der Waals surface area contributed by atoms with Crippen LogP contribution in [0.2, 0.25) is 0 Å². The topological polar surface area (TPSA) is 64.0 Å². The van der Waals surface area contributed by atoms with Crippen molar-refractivity contribution in [3.8, 4) is 0 Å². The predicted octanol–water partition coefficient (Wildman–Crippen LogP) is 3.82. The number of thioether (sulfide) groups is 1. The Morgan fingerprint density at radius 2 is 2.07 bits per heavy atom. The van der Waals surface area contributed by atoms with Crippen molar-refractivity contribution in [1.82, 2.24) is 9.55 Å². The molecule has 1 unspecified atom stereocenters. The van der Waals surface area contributed by atoms with E-state index in [1.807, 2.05) is 0 Å². The molecule has 0 saturated carbocycles. The zero-order chi connectivity index (χ0) is 19.9. The minimum atomic E-state index is -4.47. The first kappa shape index (κ1) is 19.0. The number of aryl methyl sites for hydroxylation is 1. The number of anilines is 1. The molecule has 0 saturated heterocycles. The van der Waals surface area contributed by atoms with Crippen LogP contribution < -0.4 is 10.9 Å². The zero-order valence-corrected chi connectivity index (χ0v) is 15.7. The van der Waals surface area contributed by atoms with Crippen molar-refractivity contribution in [2.45, 2.75) is 49.5 Å². The molecule has 2 aliphatic rings. The Hall–Kier alpha value is -2.29. The Labute approximate surface area is 163 Å². The molecule has 0 bridgehead atoms. The summed E-state index contributed by atoms with van der Waals surface area (Å²) in [6, 6.07) is 4.17. The van der Waals surface area contributed by atoms with Crippen LogP contribution in [0.3, 0.4) is 0 Å². The second-order valence-electron chi connectivity index (χ2n) is 7.00. The lowest BCUT2D eigenvalue weighted by Gasteiger charge is -2.19. The summed E-state index contributed by atoms with van der Waals surface area (Å²) in [5.74, 6) is 0.114. The van der Waals surface area contributed by atoms with Crippen molar-refractivity contribution in [3.05, 3.63) is 51.4 Å². The van der Waals surface area contributed by atoms with E-state index in [1.54, 1.807) is 4.57 Å². The summed E-state index contributed by atoms with van der Waals surface area (Å²) in [6.45, 7) is 0. The first-order valence-electron chi connectivity index (χ1n) is 9.07. The molecule has 1 aromatic carbocycles. The van der Waals surface area contributed by atoms with Gasteiger partial charge in [0.2, 0.25) is 5.91 Å². The van der Waals surface area contributed by atoms with Crippen LogP contribution in [-0.2, 0) is 23.8 Å². The number of hydrogen-bond acceptors (Lipinski definition) is 4. The number of hydrogen-bond donors (Lipinski definition) is 1. The molecule has 1 N–H and O–H groups in total. The van der Waals surface area contributed by atoms with Gasteiger partial charge < -0.3 is 5.32 Å². The average molecular weight is 409 g/mol. The maximum absolute atomic E-state index is 12.9. The summed E-state index contributed by atoms with van der Waals surface area (Å²) in [5, 5.41) is 3.14. The molecule has 0 radical (unpaired) electrons. The fourth-order valence-electron chi connectivity index (χ4n) is 3.66. The molecule has 1 aliphatic heterocycles. The van der Waals surface area contributed by atoms with Gasteiger partial charge in [0.1, 0.15) is 0 Å². The average Bonchev–Trinajstić information content (AvgIpc) is 3.04. The third-order valence-electron chi connectivity index (χ3n) is 5.02. The van der Waals surface area contributed by atoms with Gasteiger partial charge in [0.05, 0.1) is 17.3 Å². The molecular formula is C19H18F3N3O2S. The molecule has 9 heteroatoms. The molecule has 1 aromatic heterocycles. The van der Waals surface area contributed by atoms with Gasteiger partial charge in [-0.2, -0.15) is 13.2 Å². The lowest BCUT2D eigenvalue weighted by atomic mass is 9.97. The molecule has 2 aromatic rings. The highest BCUT2D eigenvalue weighted by Gasteiger charge is 2.32. The molecule has 2 heterocycles. The number of benzene rings is 1. The molecule has 0 fully saturated rings. The van der Waals surface area contributed by atoms with Crippen LogP contribution in [0.1, 0.15) is 42.1 Å². The number of fused-ring (bicyclic) bond motifs is 2. The molecule has 1 atom stereocenters. The SMILES string of the molecule is O=C(CC1CSc2nc3c(c(=O)n21)CCCC3)Nc1cccc(C(F)(F)F)c1. The highest BCUT2D eigenvalue weighted by molar-refractivity contribution is 7.99. The van der Waals surface area contributed by atoms with Crippen LogP contribution in [0.15, 0.2) is 34.2 Å². The van der Waals surface area contributed by atoms with E-state index in [9.17, 15) is 22.8 Å². The fourth-order valence-corrected chi connectivity index (χ4v) is 4.82. The van der Waals surface area contributed by atoms with Crippen molar-refractivity contribution < 1.29 is 18.0 Å². The van der Waals surface area contributed by atoms with Crippen LogP contribution >= 0.6 is 11.8 Å². The maximum atomic E-state index is 12.9. The van der Waals surface area contributed by atoms with Crippen LogP contribution in [0.25, 0.3) is 0 Å². The van der Waals surface area contributed by atoms with E-state index in [1.165, 1.54) is 23.9 Å². The van der Waals surface area contributed by atoms with Gasteiger partial charge in [-0.05, 0) is 43.9 Å². The summed E-state index contributed by atoms with van der Waals surface area (Å²) in [5.41, 5.74) is 0.784. The number of halogens is 3. The number of aromatic nitrogens is 2. The van der Waals surface area contributed by atoms with E-state index in [4.69, 9.17) is 0 Å². The highest BCUT2D eigenvalue weighted by atomic mass is 32.2. The van der Waals surface area contributed by atoms with Gasteiger partial charge in [0.25, 0.3) is 5.56 Å². The largest absolute Gasteiger partial charge is 0.416 e. The molecule has 28 heavy (non-hydrogen) atoms. The quantitative estimate of drug-likeness (QED) is 0.783. The molecule has 1 aliphatic carbocycles. The number of nitrogens with zero attached hydrogens (tertiary/aromatic N) is 2. The number of rotatable bonds is 3. The van der Waals surface area contributed by atoms with E-state index in [0.29, 0.717) is 17.3 Å². The Kier molecular flexibility index (Phi) is 4.95. The number of carbonyl (C=O) groups is 1.